The molecule has 0 spiro atoms. The standard InChI is InChI=1S/C14H16N2O3S2/c1-9-12(13(18)15-7-3-6-11(17)19-2)21-14(16-9)10-5-4-8-20-10/h4-5,8H,3,6-7H2,1-2H3,(H,15,18). The molecule has 2 aromatic rings. The van der Waals surface area contributed by atoms with Gasteiger partial charge >= 0.3 is 5.97 Å². The number of amides is 1. The van der Waals surface area contributed by atoms with E-state index >= 15 is 0 Å². The van der Waals surface area contributed by atoms with Crippen molar-refractivity contribution in [1.82, 2.24) is 10.3 Å². The van der Waals surface area contributed by atoms with Crippen molar-refractivity contribution in [2.24, 2.45) is 0 Å². The number of nitrogens with zero attached hydrogens (tertiary/aromatic N) is 1. The molecule has 0 atom stereocenters. The molecule has 1 N–H and O–H groups in total. The highest BCUT2D eigenvalue weighted by molar-refractivity contribution is 7.22. The van der Waals surface area contributed by atoms with E-state index in [1.54, 1.807) is 11.3 Å². The van der Waals surface area contributed by atoms with Crippen molar-refractivity contribution in [3.05, 3.63) is 28.1 Å². The van der Waals surface area contributed by atoms with Gasteiger partial charge in [-0.05, 0) is 24.8 Å². The van der Waals surface area contributed by atoms with E-state index in [1.165, 1.54) is 18.4 Å². The highest BCUT2D eigenvalue weighted by atomic mass is 32.1. The van der Waals surface area contributed by atoms with Gasteiger partial charge in [0.2, 0.25) is 0 Å². The molecule has 0 bridgehead atoms. The monoisotopic (exact) mass is 324 g/mol. The number of thiazole rings is 1. The molecule has 0 saturated carbocycles. The van der Waals surface area contributed by atoms with E-state index in [-0.39, 0.29) is 11.9 Å². The third kappa shape index (κ3) is 4.12. The Kier molecular flexibility index (Phi) is 5.46. The number of nitrogens with one attached hydrogen (secondary N) is 1. The number of hydrogen-bond donors (Lipinski definition) is 1. The van der Waals surface area contributed by atoms with Crippen LogP contribution in [-0.2, 0) is 9.53 Å². The van der Waals surface area contributed by atoms with Gasteiger partial charge in [-0.2, -0.15) is 0 Å². The Morgan fingerprint density at radius 1 is 1.43 bits per heavy atom. The number of methoxy groups -OCH3 is 1. The number of aryl methyl sites for hydroxylation is 1. The van der Waals surface area contributed by atoms with Crippen LogP contribution in [0.25, 0.3) is 9.88 Å². The number of carbonyl (C=O) groups excluding carboxylic acids is 2. The van der Waals surface area contributed by atoms with Gasteiger partial charge in [0.25, 0.3) is 5.91 Å². The predicted octanol–water partition coefficient (Wildman–Crippen LogP) is 2.86. The van der Waals surface area contributed by atoms with Crippen molar-refractivity contribution in [1.29, 1.82) is 0 Å². The number of carbonyl (C=O) groups is 2. The van der Waals surface area contributed by atoms with Crippen LogP contribution in [0.3, 0.4) is 0 Å². The summed E-state index contributed by atoms with van der Waals surface area (Å²) in [5.74, 6) is -0.407. The molecule has 0 aliphatic heterocycles. The molecule has 0 saturated heterocycles. The number of hydrogen-bond acceptors (Lipinski definition) is 6. The van der Waals surface area contributed by atoms with Crippen LogP contribution >= 0.6 is 22.7 Å². The molecule has 0 aliphatic rings. The van der Waals surface area contributed by atoms with E-state index in [4.69, 9.17) is 0 Å². The van der Waals surface area contributed by atoms with Crippen LogP contribution < -0.4 is 5.32 Å². The summed E-state index contributed by atoms with van der Waals surface area (Å²) in [5, 5.41) is 5.65. The second-order valence-corrected chi connectivity index (χ2v) is 6.29. The van der Waals surface area contributed by atoms with Gasteiger partial charge in [-0.3, -0.25) is 9.59 Å². The van der Waals surface area contributed by atoms with Gasteiger partial charge in [-0.15, -0.1) is 22.7 Å². The average molecular weight is 324 g/mol. The maximum absolute atomic E-state index is 12.1. The van der Waals surface area contributed by atoms with Crippen LogP contribution in [0.2, 0.25) is 0 Å². The molecule has 2 rings (SSSR count). The molecule has 7 heteroatoms. The zero-order valence-electron chi connectivity index (χ0n) is 11.8. The Bertz CT molecular complexity index is 620. The molecule has 0 aromatic carbocycles. The molecule has 1 amide bonds. The van der Waals surface area contributed by atoms with Crippen molar-refractivity contribution in [3.63, 3.8) is 0 Å². The first-order valence-electron chi connectivity index (χ1n) is 6.48. The second kappa shape index (κ2) is 7.33. The lowest BCUT2D eigenvalue weighted by molar-refractivity contribution is -0.140. The molecule has 21 heavy (non-hydrogen) atoms. The molecular weight excluding hydrogens is 308 g/mol. The predicted molar refractivity (Wildman–Crippen MR) is 83.7 cm³/mol. The maximum Gasteiger partial charge on any atom is 0.305 e. The number of thiophene rings is 1. The highest BCUT2D eigenvalue weighted by Crippen LogP contribution is 2.30. The van der Waals surface area contributed by atoms with Gasteiger partial charge < -0.3 is 10.1 Å². The summed E-state index contributed by atoms with van der Waals surface area (Å²) in [4.78, 5) is 29.2. The molecule has 112 valence electrons. The van der Waals surface area contributed by atoms with E-state index in [0.717, 1.165) is 15.6 Å². The quantitative estimate of drug-likeness (QED) is 0.655. The van der Waals surface area contributed by atoms with Crippen LogP contribution in [0.4, 0.5) is 0 Å². The topological polar surface area (TPSA) is 68.3 Å². The Balaban J connectivity index is 1.92. The minimum atomic E-state index is -0.266. The Morgan fingerprint density at radius 3 is 2.90 bits per heavy atom. The maximum atomic E-state index is 12.1. The van der Waals surface area contributed by atoms with Gasteiger partial charge in [0.05, 0.1) is 17.7 Å². The fourth-order valence-corrected chi connectivity index (χ4v) is 3.51. The number of aromatic nitrogens is 1. The SMILES string of the molecule is COC(=O)CCCNC(=O)c1sc(-c2cccs2)nc1C. The van der Waals surface area contributed by atoms with Crippen molar-refractivity contribution < 1.29 is 14.3 Å². The smallest absolute Gasteiger partial charge is 0.305 e. The van der Waals surface area contributed by atoms with E-state index < -0.39 is 0 Å². The lowest BCUT2D eigenvalue weighted by Gasteiger charge is -2.03. The third-order valence-corrected chi connectivity index (χ3v) is 5.00. The Hall–Kier alpha value is -1.73. The van der Waals surface area contributed by atoms with Gasteiger partial charge in [-0.1, -0.05) is 6.07 Å². The van der Waals surface area contributed by atoms with Crippen molar-refractivity contribution in [3.8, 4) is 9.88 Å². The van der Waals surface area contributed by atoms with Crippen LogP contribution in [-0.4, -0.2) is 30.5 Å². The van der Waals surface area contributed by atoms with Crippen LogP contribution in [0.5, 0.6) is 0 Å². The summed E-state index contributed by atoms with van der Waals surface area (Å²) in [5.41, 5.74) is 0.730. The first-order chi connectivity index (χ1) is 10.1. The molecule has 0 aliphatic carbocycles. The van der Waals surface area contributed by atoms with E-state index in [9.17, 15) is 9.59 Å². The normalized spacial score (nSPS) is 10.4. The lowest BCUT2D eigenvalue weighted by atomic mass is 10.3. The third-order valence-electron chi connectivity index (χ3n) is 2.81. The Morgan fingerprint density at radius 2 is 2.24 bits per heavy atom. The largest absolute Gasteiger partial charge is 0.469 e. The minimum absolute atomic E-state index is 0.141. The van der Waals surface area contributed by atoms with Crippen LogP contribution in [0.15, 0.2) is 17.5 Å². The summed E-state index contributed by atoms with van der Waals surface area (Å²) >= 11 is 2.99. The number of ether oxygens (including phenoxy) is 1. The summed E-state index contributed by atoms with van der Waals surface area (Å²) in [6.07, 6.45) is 0.868. The molecule has 2 aromatic heterocycles. The van der Waals surface area contributed by atoms with Gasteiger partial charge in [0.15, 0.2) is 0 Å². The summed E-state index contributed by atoms with van der Waals surface area (Å²) in [7, 11) is 1.35. The second-order valence-electron chi connectivity index (χ2n) is 4.35. The fraction of sp³-hybridized carbons (Fsp3) is 0.357. The first kappa shape index (κ1) is 15.7. The van der Waals surface area contributed by atoms with Gasteiger partial charge in [-0.25, -0.2) is 4.98 Å². The molecule has 0 unspecified atom stereocenters. The summed E-state index contributed by atoms with van der Waals surface area (Å²) in [6, 6.07) is 3.95. The van der Waals surface area contributed by atoms with Crippen molar-refractivity contribution >= 4 is 34.6 Å². The molecule has 0 fully saturated rings. The molecule has 2 heterocycles. The van der Waals surface area contributed by atoms with E-state index in [0.29, 0.717) is 24.3 Å². The lowest BCUT2D eigenvalue weighted by Crippen LogP contribution is -2.24. The van der Waals surface area contributed by atoms with Gasteiger partial charge in [0.1, 0.15) is 9.88 Å². The van der Waals surface area contributed by atoms with E-state index in [2.05, 4.69) is 15.0 Å². The fourth-order valence-electron chi connectivity index (χ4n) is 1.73. The van der Waals surface area contributed by atoms with E-state index in [1.807, 2.05) is 24.4 Å². The Labute approximate surface area is 131 Å². The van der Waals surface area contributed by atoms with Crippen LogP contribution in [0, 0.1) is 6.92 Å². The zero-order valence-corrected chi connectivity index (χ0v) is 13.5. The van der Waals surface area contributed by atoms with Gasteiger partial charge in [0, 0.05) is 13.0 Å². The molecule has 5 nitrogen and oxygen atoms in total. The van der Waals surface area contributed by atoms with Crippen molar-refractivity contribution in [2.45, 2.75) is 19.8 Å². The number of esters is 1. The minimum Gasteiger partial charge on any atom is -0.469 e. The molecule has 0 radical (unpaired) electrons. The average Bonchev–Trinajstić information content (AvgIpc) is 3.12. The number of rotatable bonds is 6. The molecular formula is C14H16N2O3S2. The summed E-state index contributed by atoms with van der Waals surface area (Å²) in [6.45, 7) is 2.27. The first-order valence-corrected chi connectivity index (χ1v) is 8.17. The zero-order chi connectivity index (χ0) is 15.2. The summed E-state index contributed by atoms with van der Waals surface area (Å²) < 4.78 is 4.55. The van der Waals surface area contributed by atoms with Crippen molar-refractivity contribution in [2.75, 3.05) is 13.7 Å². The van der Waals surface area contributed by atoms with Crippen LogP contribution in [0.1, 0.15) is 28.2 Å². The highest BCUT2D eigenvalue weighted by Gasteiger charge is 2.16.